The summed E-state index contributed by atoms with van der Waals surface area (Å²) in [5, 5.41) is 6.45. The maximum atomic E-state index is 15.0. The number of carbonyl (C=O) groups excluding carboxylic acids is 3. The minimum Gasteiger partial charge on any atom is -0.415 e. The van der Waals surface area contributed by atoms with E-state index in [4.69, 9.17) is 33.4 Å². The van der Waals surface area contributed by atoms with E-state index >= 15 is 4.39 Å². The number of nitrogens with zero attached hydrogens (tertiary/aromatic N) is 8. The fourth-order valence-corrected chi connectivity index (χ4v) is 7.77. The van der Waals surface area contributed by atoms with Gasteiger partial charge in [0.1, 0.15) is 23.3 Å². The molecule has 0 bridgehead atoms. The van der Waals surface area contributed by atoms with Crippen molar-refractivity contribution in [1.82, 2.24) is 29.8 Å². The number of amides is 4. The van der Waals surface area contributed by atoms with Crippen LogP contribution in [0.4, 0.5) is 47.3 Å². The molecule has 2 atom stereocenters. The number of likely N-dealkylation sites (N-methyl/N-ethyl adjacent to an activating group) is 2. The van der Waals surface area contributed by atoms with Crippen LogP contribution in [-0.2, 0) is 13.1 Å². The zero-order valence-electron chi connectivity index (χ0n) is 36.3. The molecule has 2 aliphatic rings. The van der Waals surface area contributed by atoms with Gasteiger partial charge in [0.25, 0.3) is 5.89 Å². The van der Waals surface area contributed by atoms with Crippen LogP contribution in [0, 0.1) is 23.3 Å². The summed E-state index contributed by atoms with van der Waals surface area (Å²) in [5.41, 5.74) is 6.63. The van der Waals surface area contributed by atoms with Gasteiger partial charge in [-0.1, -0.05) is 41.4 Å². The van der Waals surface area contributed by atoms with Gasteiger partial charge in [0.05, 0.1) is 29.7 Å². The van der Waals surface area contributed by atoms with Crippen LogP contribution < -0.4 is 15.5 Å². The number of hydrogen-bond donors (Lipinski definition) is 1. The smallest absolute Gasteiger partial charge is 0.324 e. The summed E-state index contributed by atoms with van der Waals surface area (Å²) in [6.07, 6.45) is -1.34. The molecular formula is C45H47Cl2F6N9O4. The van der Waals surface area contributed by atoms with Gasteiger partial charge in [0.15, 0.2) is 5.78 Å². The molecule has 4 aromatic carbocycles. The fourth-order valence-electron chi connectivity index (χ4n) is 7.42. The molecule has 0 radical (unpaired) electrons. The lowest BCUT2D eigenvalue weighted by Gasteiger charge is -2.29. The molecule has 0 saturated carbocycles. The van der Waals surface area contributed by atoms with Crippen molar-refractivity contribution in [2.24, 2.45) is 5.73 Å². The van der Waals surface area contributed by atoms with Crippen molar-refractivity contribution in [1.29, 1.82) is 0 Å². The number of Topliss-reactive ketones (excluding diaryl/α,β-unsaturated/α-hetero) is 1. The lowest BCUT2D eigenvalue weighted by atomic mass is 10.1. The molecular weight excluding hydrogens is 915 g/mol. The maximum Gasteiger partial charge on any atom is 0.324 e. The lowest BCUT2D eigenvalue weighted by molar-refractivity contribution is 0.100. The van der Waals surface area contributed by atoms with E-state index in [1.807, 2.05) is 33.1 Å². The Kier molecular flexibility index (Phi) is 16.4. The van der Waals surface area contributed by atoms with Gasteiger partial charge in [-0.3, -0.25) is 14.6 Å². The summed E-state index contributed by atoms with van der Waals surface area (Å²) in [4.78, 5) is 48.7. The number of nitrogens with two attached hydrogens (primary N) is 1. The number of likely N-dealkylation sites (tertiary alicyclic amines) is 2. The Balaban J connectivity index is 0.000000220. The van der Waals surface area contributed by atoms with Gasteiger partial charge in [-0.15, -0.1) is 10.2 Å². The largest absolute Gasteiger partial charge is 0.415 e. The van der Waals surface area contributed by atoms with Crippen molar-refractivity contribution in [2.45, 2.75) is 44.4 Å². The molecule has 0 unspecified atom stereocenters. The number of halogens is 8. The minimum absolute atomic E-state index is 0.104. The molecule has 0 aliphatic carbocycles. The summed E-state index contributed by atoms with van der Waals surface area (Å²) < 4.78 is 87.6. The third-order valence-electron chi connectivity index (χ3n) is 11.4. The first-order chi connectivity index (χ1) is 31.3. The quantitative estimate of drug-likeness (QED) is 0.0961. The normalized spacial score (nSPS) is 16.0. The third-order valence-corrected chi connectivity index (χ3v) is 11.9. The van der Waals surface area contributed by atoms with E-state index in [0.29, 0.717) is 37.6 Å². The molecule has 2 fully saturated rings. The molecule has 5 aromatic rings. The first-order valence-corrected chi connectivity index (χ1v) is 21.4. The summed E-state index contributed by atoms with van der Waals surface area (Å²) in [5.74, 6) is -4.09. The number of hydrogen-bond acceptors (Lipinski definition) is 9. The highest BCUT2D eigenvalue weighted by Gasteiger charge is 2.33. The van der Waals surface area contributed by atoms with E-state index in [9.17, 15) is 36.3 Å². The zero-order valence-corrected chi connectivity index (χ0v) is 37.8. The molecule has 3 heterocycles. The highest BCUT2D eigenvalue weighted by molar-refractivity contribution is 6.31. The summed E-state index contributed by atoms with van der Waals surface area (Å²) in [7, 11) is 7.77. The lowest BCUT2D eigenvalue weighted by Crippen LogP contribution is -2.43. The summed E-state index contributed by atoms with van der Waals surface area (Å²) in [6.45, 7) is 1.58. The zero-order chi connectivity index (χ0) is 48.0. The van der Waals surface area contributed by atoms with E-state index < -0.39 is 35.6 Å². The molecule has 66 heavy (non-hydrogen) atoms. The highest BCUT2D eigenvalue weighted by Crippen LogP contribution is 2.31. The minimum atomic E-state index is -2.94. The van der Waals surface area contributed by atoms with Gasteiger partial charge in [-0.2, -0.15) is 8.78 Å². The summed E-state index contributed by atoms with van der Waals surface area (Å²) in [6, 6.07) is 15.4. The number of benzene rings is 4. The number of rotatable bonds is 12. The van der Waals surface area contributed by atoms with Crippen LogP contribution in [-0.4, -0.2) is 121 Å². The Labute approximate surface area is 387 Å². The highest BCUT2D eigenvalue weighted by atomic mass is 35.5. The van der Waals surface area contributed by atoms with E-state index in [-0.39, 0.29) is 87.8 Å². The van der Waals surface area contributed by atoms with E-state index in [1.54, 1.807) is 9.80 Å². The Bertz CT molecular complexity index is 2550. The van der Waals surface area contributed by atoms with Gasteiger partial charge in [0, 0.05) is 71.9 Å². The average molecular weight is 963 g/mol. The van der Waals surface area contributed by atoms with Crippen LogP contribution in [0.2, 0.25) is 10.0 Å². The topological polar surface area (TPSA) is 136 Å². The van der Waals surface area contributed by atoms with Crippen molar-refractivity contribution in [3.8, 4) is 11.5 Å². The van der Waals surface area contributed by atoms with Gasteiger partial charge < -0.3 is 29.8 Å². The molecule has 7 rings (SSSR count). The molecule has 2 aliphatic heterocycles. The second-order valence-electron chi connectivity index (χ2n) is 16.1. The van der Waals surface area contributed by atoms with Crippen molar-refractivity contribution in [3.05, 3.63) is 129 Å². The van der Waals surface area contributed by atoms with Crippen LogP contribution in [0.25, 0.3) is 11.5 Å². The third kappa shape index (κ3) is 11.8. The standard InChI is InChI=1S/C23H22ClF4N5O2.C22H25ClF2N4O2/c1-31(2)16-7-8-32(12-16)23(34)33(15-5-6-18(25)17(24)10-15)11-14-4-3-13(9-19(14)26)21-29-30-22(35-21)20(27)28;1-27(2)17-7-8-28(13-17)22(31)29(16-5-6-19(24)18(23)10-16)12-15-4-3-14(9-20(15)25)21(30)11-26/h3-6,9-10,16,20H,7-8,11-12H2,1-2H3;3-6,9-10,17H,7-8,11-13,26H2,1-2H3/t16-;17-/m11/s1. The van der Waals surface area contributed by atoms with Gasteiger partial charge in [-0.25, -0.2) is 27.2 Å². The van der Waals surface area contributed by atoms with Gasteiger partial charge in [-0.05, 0) is 95.6 Å². The van der Waals surface area contributed by atoms with E-state index in [2.05, 4.69) is 15.1 Å². The number of carbonyl (C=O) groups is 3. The Morgan fingerprint density at radius 2 is 1.18 bits per heavy atom. The SMILES string of the molecule is CN(C)[C@@H]1CCN(C(=O)N(Cc2ccc(-c3nnc(C(F)F)o3)cc2F)c2ccc(F)c(Cl)c2)C1.CN(C)[C@@H]1CCN(C(=O)N(Cc2ccc(C(=O)CN)cc2F)c2ccc(F)c(Cl)c2)C1. The Morgan fingerprint density at radius 1 is 0.697 bits per heavy atom. The van der Waals surface area contributed by atoms with Crippen LogP contribution >= 0.6 is 23.2 Å². The Morgan fingerprint density at radius 3 is 1.58 bits per heavy atom. The molecule has 1 aromatic heterocycles. The number of urea groups is 2. The monoisotopic (exact) mass is 961 g/mol. The molecule has 21 heteroatoms. The molecule has 4 amide bonds. The Hall–Kier alpha value is -5.73. The van der Waals surface area contributed by atoms with Crippen LogP contribution in [0.1, 0.15) is 46.6 Å². The molecule has 352 valence electrons. The number of ketones is 1. The fraction of sp³-hybridized carbons (Fsp3) is 0.356. The van der Waals surface area contributed by atoms with E-state index in [1.165, 1.54) is 64.4 Å². The molecule has 0 spiro atoms. The first kappa shape index (κ1) is 49.7. The van der Waals surface area contributed by atoms with Crippen LogP contribution in [0.5, 0.6) is 0 Å². The number of anilines is 2. The van der Waals surface area contributed by atoms with Crippen molar-refractivity contribution in [3.63, 3.8) is 0 Å². The molecule has 13 nitrogen and oxygen atoms in total. The van der Waals surface area contributed by atoms with E-state index in [0.717, 1.165) is 31.0 Å². The first-order valence-electron chi connectivity index (χ1n) is 20.6. The predicted octanol–water partition coefficient (Wildman–Crippen LogP) is 8.89. The van der Waals surface area contributed by atoms with Crippen LogP contribution in [0.15, 0.2) is 77.2 Å². The van der Waals surface area contributed by atoms with Crippen molar-refractivity contribution in [2.75, 3.05) is 70.7 Å². The maximum absolute atomic E-state index is 15.0. The second kappa shape index (κ2) is 21.7. The molecule has 2 N–H and O–H groups in total. The van der Waals surface area contributed by atoms with Crippen LogP contribution in [0.3, 0.4) is 0 Å². The number of alkyl halides is 2. The summed E-state index contributed by atoms with van der Waals surface area (Å²) >= 11 is 11.9. The second-order valence-corrected chi connectivity index (χ2v) is 16.9. The van der Waals surface area contributed by atoms with Gasteiger partial charge >= 0.3 is 18.5 Å². The van der Waals surface area contributed by atoms with Gasteiger partial charge in [0.2, 0.25) is 5.89 Å². The number of aromatic nitrogens is 2. The van der Waals surface area contributed by atoms with Crippen molar-refractivity contribution >= 4 is 52.4 Å². The predicted molar refractivity (Wildman–Crippen MR) is 238 cm³/mol. The van der Waals surface area contributed by atoms with Crippen molar-refractivity contribution < 1.29 is 45.1 Å². The molecule has 2 saturated heterocycles. The average Bonchev–Trinajstić information content (AvgIpc) is 4.10.